The van der Waals surface area contributed by atoms with Gasteiger partial charge in [0.25, 0.3) is 5.91 Å². The number of aliphatic carboxylic acids is 1. The second-order valence-electron chi connectivity index (χ2n) is 5.14. The van der Waals surface area contributed by atoms with Gasteiger partial charge in [-0.3, -0.25) is 9.59 Å². The zero-order valence-corrected chi connectivity index (χ0v) is 12.5. The fourth-order valence-corrected chi connectivity index (χ4v) is 1.84. The summed E-state index contributed by atoms with van der Waals surface area (Å²) in [6, 6.07) is 5.86. The molecule has 24 heavy (non-hydrogen) atoms. The van der Waals surface area contributed by atoms with E-state index in [0.717, 1.165) is 16.8 Å². The summed E-state index contributed by atoms with van der Waals surface area (Å²) in [4.78, 5) is 22.6. The quantitative estimate of drug-likeness (QED) is 0.874. The number of carboxylic acids is 1. The topological polar surface area (TPSA) is 84.2 Å². The number of carboxylic acid groups (broad SMARTS) is 1. The molecule has 2 aromatic rings. The smallest absolute Gasteiger partial charge is 0.416 e. The number of rotatable bonds is 5. The maximum atomic E-state index is 12.7. The van der Waals surface area contributed by atoms with Crippen LogP contribution in [0.4, 0.5) is 13.2 Å². The highest BCUT2D eigenvalue weighted by Gasteiger charge is 2.30. The fraction of sp³-hybridized carbons (Fsp3) is 0.267. The monoisotopic (exact) mass is 341 g/mol. The van der Waals surface area contributed by atoms with E-state index in [2.05, 4.69) is 10.4 Å². The molecule has 6 nitrogen and oxygen atoms in total. The van der Waals surface area contributed by atoms with Crippen LogP contribution in [0.2, 0.25) is 0 Å². The lowest BCUT2D eigenvalue weighted by Gasteiger charge is -2.09. The lowest BCUT2D eigenvalue weighted by atomic mass is 10.2. The fourth-order valence-electron chi connectivity index (χ4n) is 1.84. The summed E-state index contributed by atoms with van der Waals surface area (Å²) < 4.78 is 39.3. The second kappa shape index (κ2) is 6.73. The molecule has 0 spiro atoms. The summed E-state index contributed by atoms with van der Waals surface area (Å²) in [7, 11) is 0. The third kappa shape index (κ3) is 4.12. The Morgan fingerprint density at radius 2 is 2.04 bits per heavy atom. The van der Waals surface area contributed by atoms with Crippen LogP contribution in [-0.2, 0) is 11.0 Å². The Kier molecular flexibility index (Phi) is 4.91. The van der Waals surface area contributed by atoms with Crippen molar-refractivity contribution < 1.29 is 27.9 Å². The first-order chi connectivity index (χ1) is 11.2. The van der Waals surface area contributed by atoms with Gasteiger partial charge in [0.1, 0.15) is 0 Å². The molecule has 0 saturated heterocycles. The zero-order chi connectivity index (χ0) is 17.9. The summed E-state index contributed by atoms with van der Waals surface area (Å²) in [6.07, 6.45) is -3.12. The van der Waals surface area contributed by atoms with Crippen LogP contribution in [0, 0.1) is 5.92 Å². The number of carbonyl (C=O) groups excluding carboxylic acids is 1. The molecule has 1 heterocycles. The number of alkyl halides is 3. The molecular weight excluding hydrogens is 327 g/mol. The molecule has 0 saturated carbocycles. The summed E-state index contributed by atoms with van der Waals surface area (Å²) >= 11 is 0. The Bertz CT molecular complexity index is 756. The van der Waals surface area contributed by atoms with Crippen LogP contribution < -0.4 is 5.32 Å². The molecule has 0 bridgehead atoms. The third-order valence-corrected chi connectivity index (χ3v) is 3.25. The summed E-state index contributed by atoms with van der Waals surface area (Å²) in [5.41, 5.74) is -0.690. The maximum absolute atomic E-state index is 12.7. The first kappa shape index (κ1) is 17.5. The molecule has 9 heteroatoms. The minimum atomic E-state index is -4.48. The number of nitrogens with zero attached hydrogens (tertiary/aromatic N) is 2. The molecule has 0 aliphatic heterocycles. The predicted octanol–water partition coefficient (Wildman–Crippen LogP) is 2.34. The van der Waals surface area contributed by atoms with Crippen molar-refractivity contribution in [3.8, 4) is 5.69 Å². The molecule has 0 aliphatic carbocycles. The molecule has 0 fully saturated rings. The minimum absolute atomic E-state index is 0.0231. The molecule has 2 N–H and O–H groups in total. The average molecular weight is 341 g/mol. The van der Waals surface area contributed by atoms with Crippen molar-refractivity contribution in [2.75, 3.05) is 6.54 Å². The Morgan fingerprint density at radius 1 is 1.33 bits per heavy atom. The number of amides is 1. The van der Waals surface area contributed by atoms with Crippen molar-refractivity contribution in [3.05, 3.63) is 47.8 Å². The van der Waals surface area contributed by atoms with Crippen molar-refractivity contribution in [2.24, 2.45) is 5.92 Å². The molecule has 2 rings (SSSR count). The molecule has 1 aromatic heterocycles. The molecule has 1 unspecified atom stereocenters. The van der Waals surface area contributed by atoms with Crippen LogP contribution in [0.1, 0.15) is 23.0 Å². The number of halogens is 3. The Hall–Kier alpha value is -2.84. The van der Waals surface area contributed by atoms with Crippen LogP contribution >= 0.6 is 0 Å². The van der Waals surface area contributed by atoms with E-state index >= 15 is 0 Å². The maximum Gasteiger partial charge on any atom is 0.416 e. The van der Waals surface area contributed by atoms with Gasteiger partial charge >= 0.3 is 12.1 Å². The van der Waals surface area contributed by atoms with E-state index in [9.17, 15) is 22.8 Å². The molecule has 1 amide bonds. The minimum Gasteiger partial charge on any atom is -0.481 e. The highest BCUT2D eigenvalue weighted by molar-refractivity contribution is 5.92. The number of hydrogen-bond acceptors (Lipinski definition) is 3. The van der Waals surface area contributed by atoms with E-state index in [1.54, 1.807) is 0 Å². The molecule has 128 valence electrons. The molecule has 1 aromatic carbocycles. The highest BCUT2D eigenvalue weighted by Crippen LogP contribution is 2.30. The van der Waals surface area contributed by atoms with E-state index in [1.807, 2.05) is 0 Å². The van der Waals surface area contributed by atoms with Gasteiger partial charge in [0, 0.05) is 12.7 Å². The van der Waals surface area contributed by atoms with Crippen LogP contribution in [0.3, 0.4) is 0 Å². The van der Waals surface area contributed by atoms with Crippen molar-refractivity contribution in [1.29, 1.82) is 0 Å². The predicted molar refractivity (Wildman–Crippen MR) is 77.7 cm³/mol. The number of hydrogen-bond donors (Lipinski definition) is 2. The van der Waals surface area contributed by atoms with Crippen LogP contribution in [-0.4, -0.2) is 33.3 Å². The molecule has 0 aliphatic rings. The van der Waals surface area contributed by atoms with Gasteiger partial charge < -0.3 is 10.4 Å². The first-order valence-corrected chi connectivity index (χ1v) is 6.93. The second-order valence-corrected chi connectivity index (χ2v) is 5.14. The number of carbonyl (C=O) groups is 2. The van der Waals surface area contributed by atoms with Gasteiger partial charge in [-0.1, -0.05) is 13.0 Å². The van der Waals surface area contributed by atoms with E-state index in [4.69, 9.17) is 5.11 Å². The van der Waals surface area contributed by atoms with E-state index < -0.39 is 29.5 Å². The number of aromatic nitrogens is 2. The van der Waals surface area contributed by atoms with Crippen LogP contribution in [0.5, 0.6) is 0 Å². The third-order valence-electron chi connectivity index (χ3n) is 3.25. The van der Waals surface area contributed by atoms with E-state index in [1.165, 1.54) is 31.3 Å². The summed E-state index contributed by atoms with van der Waals surface area (Å²) in [6.45, 7) is 1.36. The van der Waals surface area contributed by atoms with Crippen LogP contribution in [0.25, 0.3) is 5.69 Å². The van der Waals surface area contributed by atoms with Gasteiger partial charge in [-0.2, -0.15) is 18.3 Å². The molecule has 0 radical (unpaired) electrons. The van der Waals surface area contributed by atoms with Crippen LogP contribution in [0.15, 0.2) is 36.5 Å². The lowest BCUT2D eigenvalue weighted by Crippen LogP contribution is -2.31. The van der Waals surface area contributed by atoms with Gasteiger partial charge in [0.05, 0.1) is 17.2 Å². The van der Waals surface area contributed by atoms with E-state index in [-0.39, 0.29) is 17.9 Å². The molecule has 1 atom stereocenters. The van der Waals surface area contributed by atoms with Gasteiger partial charge in [-0.15, -0.1) is 0 Å². The van der Waals surface area contributed by atoms with Crippen molar-refractivity contribution in [1.82, 2.24) is 15.1 Å². The first-order valence-electron chi connectivity index (χ1n) is 6.93. The number of nitrogens with one attached hydrogen (secondary N) is 1. The standard InChI is InChI=1S/C15H14F3N3O3/c1-9(14(23)24)8-19-13(22)12-5-6-21(20-12)11-4-2-3-10(7-11)15(16,17)18/h2-7,9H,8H2,1H3,(H,19,22)(H,23,24). The van der Waals surface area contributed by atoms with Crippen molar-refractivity contribution >= 4 is 11.9 Å². The SMILES string of the molecule is CC(CNC(=O)c1ccn(-c2cccc(C(F)(F)F)c2)n1)C(=O)O. The Morgan fingerprint density at radius 3 is 2.67 bits per heavy atom. The van der Waals surface area contributed by atoms with E-state index in [0.29, 0.717) is 0 Å². The van der Waals surface area contributed by atoms with Gasteiger partial charge in [-0.05, 0) is 24.3 Å². The van der Waals surface area contributed by atoms with Crippen molar-refractivity contribution in [2.45, 2.75) is 13.1 Å². The average Bonchev–Trinajstić information content (AvgIpc) is 3.01. The number of benzene rings is 1. The largest absolute Gasteiger partial charge is 0.481 e. The van der Waals surface area contributed by atoms with Crippen molar-refractivity contribution in [3.63, 3.8) is 0 Å². The van der Waals surface area contributed by atoms with Gasteiger partial charge in [-0.25, -0.2) is 4.68 Å². The lowest BCUT2D eigenvalue weighted by molar-refractivity contribution is -0.141. The molecular formula is C15H14F3N3O3. The van der Waals surface area contributed by atoms with Gasteiger partial charge in [0.2, 0.25) is 0 Å². The Labute approximate surface area is 134 Å². The Balaban J connectivity index is 2.13. The van der Waals surface area contributed by atoms with Gasteiger partial charge in [0.15, 0.2) is 5.69 Å². The summed E-state index contributed by atoms with van der Waals surface area (Å²) in [5, 5.41) is 15.1. The zero-order valence-electron chi connectivity index (χ0n) is 12.5. The normalized spacial score (nSPS) is 12.7. The highest BCUT2D eigenvalue weighted by atomic mass is 19.4. The summed E-state index contributed by atoms with van der Waals surface area (Å²) in [5.74, 6) is -2.42.